The Hall–Kier alpha value is -2.95. The Morgan fingerprint density at radius 2 is 1.96 bits per heavy atom. The van der Waals surface area contributed by atoms with E-state index in [9.17, 15) is 4.79 Å². The molecule has 0 atom stereocenters. The van der Waals surface area contributed by atoms with Crippen molar-refractivity contribution in [2.75, 3.05) is 0 Å². The first-order valence-corrected chi connectivity index (χ1v) is 7.83. The molecule has 122 valence electrons. The van der Waals surface area contributed by atoms with Crippen LogP contribution in [0.15, 0.2) is 48.8 Å². The van der Waals surface area contributed by atoms with Gasteiger partial charge in [-0.1, -0.05) is 30.3 Å². The minimum atomic E-state index is -0.0334. The summed E-state index contributed by atoms with van der Waals surface area (Å²) >= 11 is 0. The van der Waals surface area contributed by atoms with E-state index >= 15 is 0 Å². The molecule has 5 heteroatoms. The highest BCUT2D eigenvalue weighted by atomic mass is 16.1. The Labute approximate surface area is 141 Å². The van der Waals surface area contributed by atoms with E-state index in [1.54, 1.807) is 23.0 Å². The van der Waals surface area contributed by atoms with Crippen molar-refractivity contribution in [1.29, 1.82) is 0 Å². The van der Waals surface area contributed by atoms with Crippen LogP contribution in [0, 0.1) is 13.8 Å². The molecule has 0 aliphatic rings. The minimum Gasteiger partial charge on any atom is -0.289 e. The maximum absolute atomic E-state index is 12.4. The standard InChI is InChI=1S/C19H20N4O/c1-14-19(15(2)22(3)21-14)18(24)10-9-17-11-20-23(13-17)12-16-7-5-4-6-8-16/h4-11,13H,12H2,1-3H3/b10-9+. The second-order valence-corrected chi connectivity index (χ2v) is 5.82. The second-order valence-electron chi connectivity index (χ2n) is 5.82. The quantitative estimate of drug-likeness (QED) is 0.536. The van der Waals surface area contributed by atoms with E-state index in [1.807, 2.05) is 50.0 Å². The summed E-state index contributed by atoms with van der Waals surface area (Å²) in [5, 5.41) is 8.62. The van der Waals surface area contributed by atoms with E-state index in [0.29, 0.717) is 12.1 Å². The number of hydrogen-bond donors (Lipinski definition) is 0. The van der Waals surface area contributed by atoms with E-state index in [1.165, 1.54) is 5.56 Å². The van der Waals surface area contributed by atoms with Crippen LogP contribution in [-0.2, 0) is 13.6 Å². The van der Waals surface area contributed by atoms with Crippen LogP contribution in [0.25, 0.3) is 6.08 Å². The number of nitrogens with zero attached hydrogens (tertiary/aromatic N) is 4. The summed E-state index contributed by atoms with van der Waals surface area (Å²) in [6.45, 7) is 4.47. The zero-order valence-corrected chi connectivity index (χ0v) is 14.1. The lowest BCUT2D eigenvalue weighted by molar-refractivity contribution is 0.104. The van der Waals surface area contributed by atoms with Gasteiger partial charge in [-0.05, 0) is 31.6 Å². The average Bonchev–Trinajstić information content (AvgIpc) is 3.11. The first-order valence-electron chi connectivity index (χ1n) is 7.83. The van der Waals surface area contributed by atoms with Crippen LogP contribution in [0.5, 0.6) is 0 Å². The third kappa shape index (κ3) is 3.35. The lowest BCUT2D eigenvalue weighted by Crippen LogP contribution is -1.99. The van der Waals surface area contributed by atoms with Gasteiger partial charge in [-0.3, -0.25) is 14.2 Å². The smallest absolute Gasteiger partial charge is 0.189 e. The van der Waals surface area contributed by atoms with Crippen molar-refractivity contribution in [3.05, 3.63) is 76.9 Å². The van der Waals surface area contributed by atoms with Gasteiger partial charge in [0.25, 0.3) is 0 Å². The Morgan fingerprint density at radius 3 is 2.62 bits per heavy atom. The van der Waals surface area contributed by atoms with Gasteiger partial charge in [-0.2, -0.15) is 10.2 Å². The number of benzene rings is 1. The van der Waals surface area contributed by atoms with Crippen molar-refractivity contribution in [3.63, 3.8) is 0 Å². The van der Waals surface area contributed by atoms with Crippen LogP contribution < -0.4 is 0 Å². The number of allylic oxidation sites excluding steroid dienone is 1. The third-order valence-corrected chi connectivity index (χ3v) is 4.02. The lowest BCUT2D eigenvalue weighted by Gasteiger charge is -2.00. The molecule has 0 unspecified atom stereocenters. The first-order chi connectivity index (χ1) is 11.5. The van der Waals surface area contributed by atoms with Gasteiger partial charge in [0.1, 0.15) is 0 Å². The van der Waals surface area contributed by atoms with Gasteiger partial charge in [0.05, 0.1) is 24.0 Å². The Bertz CT molecular complexity index is 887. The van der Waals surface area contributed by atoms with Crippen molar-refractivity contribution in [2.45, 2.75) is 20.4 Å². The van der Waals surface area contributed by atoms with Crippen molar-refractivity contribution in [2.24, 2.45) is 7.05 Å². The molecule has 1 aromatic carbocycles. The molecule has 0 saturated carbocycles. The monoisotopic (exact) mass is 320 g/mol. The van der Waals surface area contributed by atoms with Crippen molar-refractivity contribution in [1.82, 2.24) is 19.6 Å². The van der Waals surface area contributed by atoms with Crippen molar-refractivity contribution in [3.8, 4) is 0 Å². The Balaban J connectivity index is 1.72. The highest BCUT2D eigenvalue weighted by Gasteiger charge is 2.14. The molecule has 0 radical (unpaired) electrons. The summed E-state index contributed by atoms with van der Waals surface area (Å²) in [7, 11) is 1.84. The number of carbonyl (C=O) groups excluding carboxylic acids is 1. The van der Waals surface area contributed by atoms with Gasteiger partial charge < -0.3 is 0 Å². The average molecular weight is 320 g/mol. The predicted molar refractivity (Wildman–Crippen MR) is 93.8 cm³/mol. The van der Waals surface area contributed by atoms with Gasteiger partial charge in [0, 0.05) is 24.5 Å². The summed E-state index contributed by atoms with van der Waals surface area (Å²) in [4.78, 5) is 12.4. The summed E-state index contributed by atoms with van der Waals surface area (Å²) in [6.07, 6.45) is 7.07. The molecule has 0 fully saturated rings. The number of hydrogen-bond acceptors (Lipinski definition) is 3. The van der Waals surface area contributed by atoms with E-state index in [-0.39, 0.29) is 5.78 Å². The number of carbonyl (C=O) groups is 1. The van der Waals surface area contributed by atoms with Gasteiger partial charge >= 0.3 is 0 Å². The van der Waals surface area contributed by atoms with Crippen LogP contribution in [0.1, 0.15) is 32.9 Å². The fourth-order valence-corrected chi connectivity index (χ4v) is 2.71. The first kappa shape index (κ1) is 15.9. The summed E-state index contributed by atoms with van der Waals surface area (Å²) in [5.74, 6) is -0.0334. The molecular formula is C19H20N4O. The summed E-state index contributed by atoms with van der Waals surface area (Å²) in [6, 6.07) is 10.1. The lowest BCUT2D eigenvalue weighted by atomic mass is 10.1. The molecule has 5 nitrogen and oxygen atoms in total. The Kier molecular flexibility index (Phi) is 4.42. The van der Waals surface area contributed by atoms with Crippen LogP contribution in [-0.4, -0.2) is 25.3 Å². The number of ketones is 1. The minimum absolute atomic E-state index is 0.0334. The predicted octanol–water partition coefficient (Wildman–Crippen LogP) is 3.18. The van der Waals surface area contributed by atoms with Gasteiger partial charge in [-0.25, -0.2) is 0 Å². The molecule has 3 aromatic rings. The fourth-order valence-electron chi connectivity index (χ4n) is 2.71. The molecule has 3 rings (SSSR count). The molecule has 2 heterocycles. The molecule has 0 bridgehead atoms. The number of aromatic nitrogens is 4. The molecule has 0 aliphatic carbocycles. The number of aryl methyl sites for hydroxylation is 2. The van der Waals surface area contributed by atoms with Crippen LogP contribution in [0.3, 0.4) is 0 Å². The second kappa shape index (κ2) is 6.66. The zero-order valence-electron chi connectivity index (χ0n) is 14.1. The maximum atomic E-state index is 12.4. The zero-order chi connectivity index (χ0) is 17.1. The normalized spacial score (nSPS) is 11.3. The number of rotatable bonds is 5. The van der Waals surface area contributed by atoms with Crippen molar-refractivity contribution >= 4 is 11.9 Å². The maximum Gasteiger partial charge on any atom is 0.189 e. The topological polar surface area (TPSA) is 52.7 Å². The van der Waals surface area contributed by atoms with E-state index in [4.69, 9.17) is 0 Å². The molecule has 0 aliphatic heterocycles. The largest absolute Gasteiger partial charge is 0.289 e. The fraction of sp³-hybridized carbons (Fsp3) is 0.211. The third-order valence-electron chi connectivity index (χ3n) is 4.02. The van der Waals surface area contributed by atoms with Crippen LogP contribution in [0.4, 0.5) is 0 Å². The highest BCUT2D eigenvalue weighted by molar-refractivity contribution is 6.08. The molecular weight excluding hydrogens is 300 g/mol. The molecule has 2 aromatic heterocycles. The summed E-state index contributed by atoms with van der Waals surface area (Å²) in [5.41, 5.74) is 4.39. The summed E-state index contributed by atoms with van der Waals surface area (Å²) < 4.78 is 3.59. The highest BCUT2D eigenvalue weighted by Crippen LogP contribution is 2.14. The SMILES string of the molecule is Cc1nn(C)c(C)c1C(=O)/C=C/c1cnn(Cc2ccccc2)c1. The van der Waals surface area contributed by atoms with Crippen molar-refractivity contribution < 1.29 is 4.79 Å². The van der Waals surface area contributed by atoms with Gasteiger partial charge in [-0.15, -0.1) is 0 Å². The molecule has 0 amide bonds. The van der Waals surface area contributed by atoms with E-state index in [0.717, 1.165) is 17.0 Å². The molecule has 24 heavy (non-hydrogen) atoms. The van der Waals surface area contributed by atoms with Gasteiger partial charge in [0.15, 0.2) is 5.78 Å². The van der Waals surface area contributed by atoms with E-state index in [2.05, 4.69) is 22.3 Å². The molecule has 0 N–H and O–H groups in total. The Morgan fingerprint density at radius 1 is 1.21 bits per heavy atom. The van der Waals surface area contributed by atoms with Crippen LogP contribution in [0.2, 0.25) is 0 Å². The van der Waals surface area contributed by atoms with E-state index < -0.39 is 0 Å². The molecule has 0 saturated heterocycles. The van der Waals surface area contributed by atoms with Gasteiger partial charge in [0.2, 0.25) is 0 Å². The van der Waals surface area contributed by atoms with Crippen LogP contribution >= 0.6 is 0 Å². The molecule has 0 spiro atoms.